The van der Waals surface area contributed by atoms with Gasteiger partial charge in [-0.15, -0.1) is 0 Å². The summed E-state index contributed by atoms with van der Waals surface area (Å²) < 4.78 is 44.6. The van der Waals surface area contributed by atoms with Gasteiger partial charge in [0.25, 0.3) is 0 Å². The molecule has 0 bridgehead atoms. The first-order chi connectivity index (χ1) is 14.2. The molecule has 1 saturated carbocycles. The van der Waals surface area contributed by atoms with Crippen molar-refractivity contribution < 1.29 is 22.7 Å². The number of amides is 1. The van der Waals surface area contributed by atoms with Crippen LogP contribution in [0, 0.1) is 11.8 Å². The van der Waals surface area contributed by atoms with Crippen molar-refractivity contribution in [3.8, 4) is 5.75 Å². The van der Waals surface area contributed by atoms with Crippen LogP contribution in [-0.2, 0) is 16.4 Å². The number of rotatable bonds is 3. The third kappa shape index (κ3) is 4.02. The Morgan fingerprint density at radius 1 is 1.17 bits per heavy atom. The number of anilines is 1. The Bertz CT molecular complexity index is 934. The molecule has 2 aliphatic rings. The van der Waals surface area contributed by atoms with Gasteiger partial charge in [0, 0.05) is 27.6 Å². The minimum absolute atomic E-state index is 0.0313. The summed E-state index contributed by atoms with van der Waals surface area (Å²) in [6.07, 6.45) is -1.11. The van der Waals surface area contributed by atoms with Gasteiger partial charge in [0.05, 0.1) is 12.2 Å². The third-order valence-corrected chi connectivity index (χ3v) is 6.86. The zero-order valence-electron chi connectivity index (χ0n) is 16.6. The van der Waals surface area contributed by atoms with Gasteiger partial charge in [0.15, 0.2) is 0 Å². The van der Waals surface area contributed by atoms with E-state index in [9.17, 15) is 18.0 Å². The van der Waals surface area contributed by atoms with Crippen LogP contribution in [0.5, 0.6) is 5.75 Å². The number of hydrogen-bond acceptors (Lipinski definition) is 2. The van der Waals surface area contributed by atoms with E-state index in [2.05, 4.69) is 5.32 Å². The second-order valence-corrected chi connectivity index (χ2v) is 8.84. The van der Waals surface area contributed by atoms with Gasteiger partial charge in [0.1, 0.15) is 5.75 Å². The average molecular weight is 438 g/mol. The zero-order valence-corrected chi connectivity index (χ0v) is 17.3. The molecule has 0 aromatic heterocycles. The first-order valence-electron chi connectivity index (χ1n) is 10.1. The molecule has 0 unspecified atom stereocenters. The largest absolute Gasteiger partial charge is 0.492 e. The molecule has 3 nitrogen and oxygen atoms in total. The molecule has 2 aromatic rings. The summed E-state index contributed by atoms with van der Waals surface area (Å²) >= 11 is 5.88. The molecule has 1 aliphatic carbocycles. The van der Waals surface area contributed by atoms with Gasteiger partial charge in [0.2, 0.25) is 5.91 Å². The lowest BCUT2D eigenvalue weighted by Gasteiger charge is -2.38. The Kier molecular flexibility index (Phi) is 5.47. The molecule has 160 valence electrons. The highest BCUT2D eigenvalue weighted by Gasteiger charge is 2.45. The second-order valence-electron chi connectivity index (χ2n) is 8.40. The molecule has 1 aliphatic heterocycles. The van der Waals surface area contributed by atoms with Crippen LogP contribution in [-0.4, -0.2) is 12.5 Å². The van der Waals surface area contributed by atoms with E-state index in [0.717, 1.165) is 43.4 Å². The maximum absolute atomic E-state index is 13.0. The van der Waals surface area contributed by atoms with Gasteiger partial charge in [-0.25, -0.2) is 0 Å². The molecular weight excluding hydrogens is 415 g/mol. The molecule has 7 heteroatoms. The number of fused-ring (bicyclic) bond motifs is 2. The summed E-state index contributed by atoms with van der Waals surface area (Å²) in [5.41, 5.74) is 0.649. The van der Waals surface area contributed by atoms with Crippen LogP contribution < -0.4 is 10.1 Å². The highest BCUT2D eigenvalue weighted by molar-refractivity contribution is 6.30. The van der Waals surface area contributed by atoms with Crippen molar-refractivity contribution in [3.63, 3.8) is 0 Å². The fourth-order valence-corrected chi connectivity index (χ4v) is 4.79. The molecule has 1 spiro atoms. The number of carbonyl (C=O) groups is 1. The highest BCUT2D eigenvalue weighted by Crippen LogP contribution is 2.51. The van der Waals surface area contributed by atoms with Gasteiger partial charge < -0.3 is 10.1 Å². The molecule has 4 rings (SSSR count). The van der Waals surface area contributed by atoms with Crippen molar-refractivity contribution >= 4 is 23.2 Å². The van der Waals surface area contributed by atoms with Crippen LogP contribution >= 0.6 is 11.6 Å². The van der Waals surface area contributed by atoms with Gasteiger partial charge in [-0.05, 0) is 68.0 Å². The van der Waals surface area contributed by atoms with E-state index in [1.807, 2.05) is 6.92 Å². The predicted octanol–water partition coefficient (Wildman–Crippen LogP) is 6.45. The molecule has 1 amide bonds. The van der Waals surface area contributed by atoms with E-state index in [4.69, 9.17) is 16.3 Å². The van der Waals surface area contributed by atoms with E-state index in [0.29, 0.717) is 23.1 Å². The molecule has 1 heterocycles. The van der Waals surface area contributed by atoms with E-state index in [1.54, 1.807) is 30.3 Å². The number of nitrogens with one attached hydrogen (secondary N) is 1. The Balaban J connectivity index is 1.41. The molecule has 1 fully saturated rings. The molecule has 0 saturated heterocycles. The second kappa shape index (κ2) is 7.80. The van der Waals surface area contributed by atoms with E-state index >= 15 is 0 Å². The van der Waals surface area contributed by atoms with Crippen molar-refractivity contribution in [2.24, 2.45) is 11.8 Å². The van der Waals surface area contributed by atoms with E-state index < -0.39 is 11.7 Å². The number of benzene rings is 2. The number of halogens is 4. The van der Waals surface area contributed by atoms with Crippen LogP contribution in [0.2, 0.25) is 5.02 Å². The number of carbonyl (C=O) groups excluding carboxylic acids is 1. The van der Waals surface area contributed by atoms with Crippen LogP contribution in [0.4, 0.5) is 18.9 Å². The van der Waals surface area contributed by atoms with Crippen molar-refractivity contribution in [2.45, 2.75) is 44.2 Å². The summed E-state index contributed by atoms with van der Waals surface area (Å²) in [4.78, 5) is 12.7. The summed E-state index contributed by atoms with van der Waals surface area (Å²) in [6, 6.07) is 10.8. The van der Waals surface area contributed by atoms with Gasteiger partial charge in [-0.2, -0.15) is 13.2 Å². The standard InChI is InChI=1S/C23H23ClF3NO2/c1-14(21(29)28-18-5-3-17(24)4-6-18)15-8-10-22(11-9-15)13-30-20-12-16(23(25,26)27)2-7-19(20)22/h2-7,12,14-15H,8-11,13H2,1H3,(H,28,29)/t14-,15-,22-/m1/s1. The average Bonchev–Trinajstić information content (AvgIpc) is 3.07. The molecule has 30 heavy (non-hydrogen) atoms. The maximum atomic E-state index is 13.0. The SMILES string of the molecule is C[C@@H](C(=O)Nc1ccc(Cl)cc1)[C@H]1CC[C@]2(CC1)COc1cc(C(F)(F)F)ccc12. The lowest BCUT2D eigenvalue weighted by atomic mass is 9.65. The van der Waals surface area contributed by atoms with Crippen molar-refractivity contribution in [2.75, 3.05) is 11.9 Å². The molecular formula is C23H23ClF3NO2. The normalized spacial score (nSPS) is 24.2. The summed E-state index contributed by atoms with van der Waals surface area (Å²) in [5.74, 6) is 0.377. The van der Waals surface area contributed by atoms with E-state index in [1.165, 1.54) is 0 Å². The minimum Gasteiger partial charge on any atom is -0.492 e. The van der Waals surface area contributed by atoms with Crippen LogP contribution in [0.1, 0.15) is 43.7 Å². The summed E-state index contributed by atoms with van der Waals surface area (Å²) in [6.45, 7) is 2.34. The smallest absolute Gasteiger partial charge is 0.416 e. The lowest BCUT2D eigenvalue weighted by molar-refractivity contribution is -0.137. The summed E-state index contributed by atoms with van der Waals surface area (Å²) in [7, 11) is 0. The highest BCUT2D eigenvalue weighted by atomic mass is 35.5. The predicted molar refractivity (Wildman–Crippen MR) is 110 cm³/mol. The fourth-order valence-electron chi connectivity index (χ4n) is 4.66. The van der Waals surface area contributed by atoms with Gasteiger partial charge in [-0.1, -0.05) is 24.6 Å². The Hall–Kier alpha value is -2.21. The first-order valence-corrected chi connectivity index (χ1v) is 10.5. The number of hydrogen-bond donors (Lipinski definition) is 1. The molecule has 2 aromatic carbocycles. The Labute approximate surface area is 178 Å². The monoisotopic (exact) mass is 437 g/mol. The fraction of sp³-hybridized carbons (Fsp3) is 0.435. The number of alkyl halides is 3. The van der Waals surface area contributed by atoms with Crippen molar-refractivity contribution in [1.29, 1.82) is 0 Å². The maximum Gasteiger partial charge on any atom is 0.416 e. The van der Waals surface area contributed by atoms with Crippen LogP contribution in [0.15, 0.2) is 42.5 Å². The molecule has 1 N–H and O–H groups in total. The van der Waals surface area contributed by atoms with Gasteiger partial charge >= 0.3 is 6.18 Å². The van der Waals surface area contributed by atoms with Crippen molar-refractivity contribution in [1.82, 2.24) is 0 Å². The lowest BCUT2D eigenvalue weighted by Crippen LogP contribution is -2.37. The quantitative estimate of drug-likeness (QED) is 0.598. The van der Waals surface area contributed by atoms with Crippen LogP contribution in [0.25, 0.3) is 0 Å². The first kappa shape index (κ1) is 21.0. The third-order valence-electron chi connectivity index (χ3n) is 6.60. The topological polar surface area (TPSA) is 38.3 Å². The molecule has 1 atom stereocenters. The Morgan fingerprint density at radius 3 is 2.47 bits per heavy atom. The Morgan fingerprint density at radius 2 is 1.83 bits per heavy atom. The summed E-state index contributed by atoms with van der Waals surface area (Å²) in [5, 5.41) is 3.55. The van der Waals surface area contributed by atoms with Crippen LogP contribution in [0.3, 0.4) is 0 Å². The minimum atomic E-state index is -4.38. The molecule has 0 radical (unpaired) electrons. The van der Waals surface area contributed by atoms with Gasteiger partial charge in [-0.3, -0.25) is 4.79 Å². The zero-order chi connectivity index (χ0) is 21.5. The van der Waals surface area contributed by atoms with E-state index in [-0.39, 0.29) is 23.2 Å². The number of ether oxygens (including phenoxy) is 1. The van der Waals surface area contributed by atoms with Crippen molar-refractivity contribution in [3.05, 3.63) is 58.6 Å².